The second-order valence-corrected chi connectivity index (χ2v) is 18.3. The lowest BCUT2D eigenvalue weighted by atomic mass is 9.72. The van der Waals surface area contributed by atoms with Crippen molar-refractivity contribution in [1.29, 1.82) is 0 Å². The molecule has 0 atom stereocenters. The van der Waals surface area contributed by atoms with E-state index >= 15 is 0 Å². The molecule has 0 unspecified atom stereocenters. The van der Waals surface area contributed by atoms with Gasteiger partial charge in [-0.15, -0.1) is 0 Å². The highest BCUT2D eigenvalue weighted by atomic mass is 14.3. The number of aryl methyl sites for hydroxylation is 2. The first-order valence-corrected chi connectivity index (χ1v) is 18.9. The summed E-state index contributed by atoms with van der Waals surface area (Å²) < 4.78 is 0. The average molecular weight is 661 g/mol. The third kappa shape index (κ3) is 9.99. The van der Waals surface area contributed by atoms with E-state index in [4.69, 9.17) is 0 Å². The zero-order valence-electron chi connectivity index (χ0n) is 35.4. The maximum absolute atomic E-state index is 2.47. The van der Waals surface area contributed by atoms with Crippen molar-refractivity contribution in [1.82, 2.24) is 0 Å². The lowest BCUT2D eigenvalue weighted by Crippen LogP contribution is -2.22. The fourth-order valence-corrected chi connectivity index (χ4v) is 6.42. The van der Waals surface area contributed by atoms with Crippen LogP contribution >= 0.6 is 0 Å². The van der Waals surface area contributed by atoms with E-state index in [0.717, 1.165) is 0 Å². The SMILES string of the molecule is CC.CC.Cc1ccc(-c2cc(C(C)(C)C)cc(C(C)(C)C)c2)cc1C(C)(C)c1cc(-c2cc(C(C)(C)C)cc(C(C)(C)C)c2)ccc1C. The number of benzene rings is 4. The van der Waals surface area contributed by atoms with Crippen LogP contribution in [0.15, 0.2) is 72.8 Å². The van der Waals surface area contributed by atoms with Gasteiger partial charge in [-0.05, 0) is 102 Å². The van der Waals surface area contributed by atoms with Crippen LogP contribution in [-0.4, -0.2) is 0 Å². The summed E-state index contributed by atoms with van der Waals surface area (Å²) in [6.07, 6.45) is 0. The fourth-order valence-electron chi connectivity index (χ4n) is 6.42. The predicted octanol–water partition coefficient (Wildman–Crippen LogP) is 15.2. The Bertz CT molecular complexity index is 1500. The van der Waals surface area contributed by atoms with Crippen LogP contribution in [0.4, 0.5) is 0 Å². The Labute approximate surface area is 304 Å². The van der Waals surface area contributed by atoms with Gasteiger partial charge in [-0.25, -0.2) is 0 Å². The summed E-state index contributed by atoms with van der Waals surface area (Å²) in [5, 5.41) is 0. The molecule has 0 nitrogen and oxygen atoms in total. The van der Waals surface area contributed by atoms with Gasteiger partial charge in [-0.2, -0.15) is 0 Å². The maximum Gasteiger partial charge on any atom is 0.0152 e. The molecule has 0 aliphatic heterocycles. The van der Waals surface area contributed by atoms with Crippen molar-refractivity contribution in [2.45, 2.75) is 166 Å². The summed E-state index contributed by atoms with van der Waals surface area (Å²) in [6, 6.07) is 28.7. The lowest BCUT2D eigenvalue weighted by molar-refractivity contribution is 0.568. The minimum atomic E-state index is -0.177. The molecule has 0 saturated carbocycles. The van der Waals surface area contributed by atoms with Gasteiger partial charge in [0.25, 0.3) is 0 Å². The normalized spacial score (nSPS) is 12.5. The van der Waals surface area contributed by atoms with Crippen LogP contribution in [0.1, 0.15) is 169 Å². The molecule has 0 aliphatic rings. The minimum absolute atomic E-state index is 0.0809. The smallest absolute Gasteiger partial charge is 0.0152 e. The third-order valence-corrected chi connectivity index (χ3v) is 9.82. The summed E-state index contributed by atoms with van der Waals surface area (Å²) >= 11 is 0. The molecule has 0 heterocycles. The Morgan fingerprint density at radius 3 is 0.776 bits per heavy atom. The van der Waals surface area contributed by atoms with Gasteiger partial charge in [-0.3, -0.25) is 0 Å². The molecule has 0 heteroatoms. The highest BCUT2D eigenvalue weighted by molar-refractivity contribution is 5.71. The van der Waals surface area contributed by atoms with E-state index in [1.165, 1.54) is 66.8 Å². The van der Waals surface area contributed by atoms with E-state index < -0.39 is 0 Å². The van der Waals surface area contributed by atoms with E-state index in [0.29, 0.717) is 0 Å². The van der Waals surface area contributed by atoms with E-state index in [1.807, 2.05) is 27.7 Å². The molecule has 0 spiro atoms. The van der Waals surface area contributed by atoms with Gasteiger partial charge >= 0.3 is 0 Å². The Morgan fingerprint density at radius 1 is 0.306 bits per heavy atom. The molecule has 4 aromatic carbocycles. The number of hydrogen-bond donors (Lipinski definition) is 0. The Balaban J connectivity index is 0.00000201. The fraction of sp³-hybridized carbons (Fsp3) is 0.510. The highest BCUT2D eigenvalue weighted by Crippen LogP contribution is 2.42. The van der Waals surface area contributed by atoms with E-state index in [2.05, 4.69) is 184 Å². The summed E-state index contributed by atoms with van der Waals surface area (Å²) in [5.41, 5.74) is 16.4. The standard InChI is InChI=1S/C45H60.2C2H6/c1-29-17-19-31(33-21-35(41(3,4)5)27-36(22-33)42(6,7)8)25-39(29)45(15,16)40-26-32(20-18-30(40)2)34-23-37(43(9,10)11)28-38(24-34)44(12,13)14;2*1-2/h17-28H,1-16H3;2*1-2H3. The molecule has 4 aromatic rings. The molecule has 0 aliphatic carbocycles. The zero-order valence-corrected chi connectivity index (χ0v) is 35.4. The minimum Gasteiger partial charge on any atom is -0.0683 e. The van der Waals surface area contributed by atoms with Crippen molar-refractivity contribution < 1.29 is 0 Å². The van der Waals surface area contributed by atoms with Crippen LogP contribution < -0.4 is 0 Å². The van der Waals surface area contributed by atoms with Crippen molar-refractivity contribution >= 4 is 0 Å². The average Bonchev–Trinajstić information content (AvgIpc) is 3.01. The summed E-state index contributed by atoms with van der Waals surface area (Å²) in [7, 11) is 0. The van der Waals surface area contributed by atoms with Gasteiger partial charge in [0, 0.05) is 5.41 Å². The quantitative estimate of drug-likeness (QED) is 0.204. The second-order valence-electron chi connectivity index (χ2n) is 18.3. The van der Waals surface area contributed by atoms with Gasteiger partial charge in [0.05, 0.1) is 0 Å². The largest absolute Gasteiger partial charge is 0.0683 e. The Morgan fingerprint density at radius 2 is 0.551 bits per heavy atom. The van der Waals surface area contributed by atoms with Crippen LogP contribution in [0.25, 0.3) is 22.3 Å². The summed E-state index contributed by atoms with van der Waals surface area (Å²) in [4.78, 5) is 0. The van der Waals surface area contributed by atoms with E-state index in [-0.39, 0.29) is 27.1 Å². The molecule has 0 aromatic heterocycles. The zero-order chi connectivity index (χ0) is 37.9. The Kier molecular flexibility index (Phi) is 13.2. The van der Waals surface area contributed by atoms with Crippen LogP contribution in [0.5, 0.6) is 0 Å². The lowest BCUT2D eigenvalue weighted by Gasteiger charge is -2.31. The van der Waals surface area contributed by atoms with E-state index in [1.54, 1.807) is 0 Å². The van der Waals surface area contributed by atoms with Crippen molar-refractivity contribution in [2.24, 2.45) is 0 Å². The van der Waals surface area contributed by atoms with Crippen molar-refractivity contribution in [3.05, 3.63) is 117 Å². The van der Waals surface area contributed by atoms with E-state index in [9.17, 15) is 0 Å². The monoisotopic (exact) mass is 661 g/mol. The number of hydrogen-bond acceptors (Lipinski definition) is 0. The first-order chi connectivity index (χ1) is 22.4. The molecule has 4 rings (SSSR count). The molecular weight excluding hydrogens is 589 g/mol. The molecule has 0 fully saturated rings. The molecule has 0 radical (unpaired) electrons. The van der Waals surface area contributed by atoms with Crippen LogP contribution in [0.2, 0.25) is 0 Å². The topological polar surface area (TPSA) is 0 Å². The molecule has 49 heavy (non-hydrogen) atoms. The predicted molar refractivity (Wildman–Crippen MR) is 223 cm³/mol. The Hall–Kier alpha value is -3.12. The molecule has 0 bridgehead atoms. The maximum atomic E-state index is 2.47. The molecule has 268 valence electrons. The van der Waals surface area contributed by atoms with Gasteiger partial charge in [0.15, 0.2) is 0 Å². The van der Waals surface area contributed by atoms with Gasteiger partial charge in [0.2, 0.25) is 0 Å². The van der Waals surface area contributed by atoms with Gasteiger partial charge in [0.1, 0.15) is 0 Å². The first-order valence-electron chi connectivity index (χ1n) is 18.9. The van der Waals surface area contributed by atoms with Gasteiger partial charge < -0.3 is 0 Å². The molecular formula is C49H72. The third-order valence-electron chi connectivity index (χ3n) is 9.82. The van der Waals surface area contributed by atoms with Crippen molar-refractivity contribution in [3.8, 4) is 22.3 Å². The second kappa shape index (κ2) is 15.4. The first kappa shape index (κ1) is 42.0. The summed E-state index contributed by atoms with van der Waals surface area (Å²) in [5.74, 6) is 0. The summed E-state index contributed by atoms with van der Waals surface area (Å²) in [6.45, 7) is 45.2. The molecule has 0 saturated heterocycles. The highest BCUT2D eigenvalue weighted by Gasteiger charge is 2.29. The van der Waals surface area contributed by atoms with Crippen LogP contribution in [0, 0.1) is 13.8 Å². The number of rotatable bonds is 4. The van der Waals surface area contributed by atoms with Gasteiger partial charge in [-0.1, -0.05) is 197 Å². The van der Waals surface area contributed by atoms with Crippen molar-refractivity contribution in [2.75, 3.05) is 0 Å². The van der Waals surface area contributed by atoms with Crippen LogP contribution in [0.3, 0.4) is 0 Å². The van der Waals surface area contributed by atoms with Crippen molar-refractivity contribution in [3.63, 3.8) is 0 Å². The molecule has 0 N–H and O–H groups in total. The molecule has 0 amide bonds. The van der Waals surface area contributed by atoms with Crippen LogP contribution in [-0.2, 0) is 27.1 Å².